The molecule has 10 heteroatoms. The van der Waals surface area contributed by atoms with E-state index in [4.69, 9.17) is 9.47 Å². The molecule has 0 aromatic carbocycles. The zero-order valence-corrected chi connectivity index (χ0v) is 16.6. The van der Waals surface area contributed by atoms with E-state index < -0.39 is 0 Å². The second-order valence-corrected chi connectivity index (χ2v) is 7.43. The van der Waals surface area contributed by atoms with Crippen LogP contribution in [0.5, 0.6) is 5.88 Å². The number of carbonyl (C=O) groups excluding carboxylic acids is 1. The lowest BCUT2D eigenvalue weighted by Gasteiger charge is -2.27. The molecule has 1 saturated carbocycles. The van der Waals surface area contributed by atoms with E-state index in [1.54, 1.807) is 24.0 Å². The van der Waals surface area contributed by atoms with Crippen LogP contribution in [0.15, 0.2) is 30.6 Å². The van der Waals surface area contributed by atoms with E-state index in [1.165, 1.54) is 0 Å². The summed E-state index contributed by atoms with van der Waals surface area (Å²) >= 11 is 0. The second-order valence-electron chi connectivity index (χ2n) is 7.43. The molecule has 1 amide bonds. The molecule has 3 aromatic rings. The van der Waals surface area contributed by atoms with E-state index in [1.807, 2.05) is 18.2 Å². The van der Waals surface area contributed by atoms with Crippen molar-refractivity contribution in [3.8, 4) is 5.88 Å². The van der Waals surface area contributed by atoms with Gasteiger partial charge in [0.2, 0.25) is 5.88 Å². The number of nitrogens with zero attached hydrogens (tertiary/aromatic N) is 4. The Labute approximate surface area is 173 Å². The normalized spacial score (nSPS) is 16.6. The van der Waals surface area contributed by atoms with Gasteiger partial charge in [-0.3, -0.25) is 4.79 Å². The molecular formula is C20H23N7O3. The number of rotatable bonds is 7. The molecule has 2 fully saturated rings. The molecule has 5 rings (SSSR count). The Kier molecular flexibility index (Phi) is 4.83. The maximum absolute atomic E-state index is 12.7. The molecule has 3 aromatic heterocycles. The number of anilines is 3. The Bertz CT molecular complexity index is 1080. The van der Waals surface area contributed by atoms with Gasteiger partial charge in [-0.15, -0.1) is 0 Å². The fourth-order valence-corrected chi connectivity index (χ4v) is 3.34. The quantitative estimate of drug-likeness (QED) is 0.543. The number of amides is 1. The van der Waals surface area contributed by atoms with Gasteiger partial charge in [-0.1, -0.05) is 0 Å². The van der Waals surface area contributed by atoms with Crippen LogP contribution in [0.1, 0.15) is 29.6 Å². The van der Waals surface area contributed by atoms with Crippen molar-refractivity contribution in [2.75, 3.05) is 30.9 Å². The molecule has 0 atom stereocenters. The number of aromatic nitrogens is 4. The van der Waals surface area contributed by atoms with Crippen molar-refractivity contribution >= 4 is 28.9 Å². The lowest BCUT2D eigenvalue weighted by molar-refractivity contribution is -0.0810. The molecule has 30 heavy (non-hydrogen) atoms. The molecule has 0 bridgehead atoms. The summed E-state index contributed by atoms with van der Waals surface area (Å²) in [5.41, 5.74) is 1.60. The zero-order valence-electron chi connectivity index (χ0n) is 16.6. The van der Waals surface area contributed by atoms with Crippen molar-refractivity contribution in [2.45, 2.75) is 31.4 Å². The number of carbonyl (C=O) groups is 1. The van der Waals surface area contributed by atoms with Crippen LogP contribution in [-0.4, -0.2) is 57.9 Å². The van der Waals surface area contributed by atoms with E-state index in [0.717, 1.165) is 19.3 Å². The Morgan fingerprint density at radius 3 is 2.90 bits per heavy atom. The Morgan fingerprint density at radius 1 is 1.33 bits per heavy atom. The van der Waals surface area contributed by atoms with Gasteiger partial charge in [0.1, 0.15) is 29.0 Å². The van der Waals surface area contributed by atoms with Crippen molar-refractivity contribution in [3.63, 3.8) is 0 Å². The van der Waals surface area contributed by atoms with Crippen molar-refractivity contribution in [3.05, 3.63) is 36.2 Å². The number of pyridine rings is 1. The van der Waals surface area contributed by atoms with Crippen LogP contribution in [0.4, 0.5) is 17.3 Å². The van der Waals surface area contributed by atoms with Gasteiger partial charge in [-0.05, 0) is 31.4 Å². The van der Waals surface area contributed by atoms with Crippen LogP contribution < -0.4 is 20.7 Å². The van der Waals surface area contributed by atoms with Gasteiger partial charge in [0.05, 0.1) is 19.4 Å². The number of hydrogen-bond donors (Lipinski definition) is 3. The van der Waals surface area contributed by atoms with Crippen LogP contribution in [-0.2, 0) is 4.74 Å². The van der Waals surface area contributed by atoms with Crippen LogP contribution in [0.3, 0.4) is 0 Å². The van der Waals surface area contributed by atoms with Crippen LogP contribution >= 0.6 is 0 Å². The van der Waals surface area contributed by atoms with Gasteiger partial charge in [0.15, 0.2) is 5.65 Å². The van der Waals surface area contributed by atoms with Gasteiger partial charge in [-0.2, -0.15) is 9.61 Å². The zero-order chi connectivity index (χ0) is 20.5. The minimum atomic E-state index is -0.156. The molecule has 1 aliphatic carbocycles. The monoisotopic (exact) mass is 409 g/mol. The largest absolute Gasteiger partial charge is 0.468 e. The van der Waals surface area contributed by atoms with E-state index in [9.17, 15) is 4.79 Å². The van der Waals surface area contributed by atoms with E-state index >= 15 is 0 Å². The number of ether oxygens (including phenoxy) is 2. The van der Waals surface area contributed by atoms with Crippen molar-refractivity contribution in [1.29, 1.82) is 0 Å². The van der Waals surface area contributed by atoms with E-state index in [0.29, 0.717) is 47.6 Å². The summed E-state index contributed by atoms with van der Waals surface area (Å²) in [5, 5.41) is 13.7. The van der Waals surface area contributed by atoms with E-state index in [-0.39, 0.29) is 18.1 Å². The highest BCUT2D eigenvalue weighted by atomic mass is 16.6. The maximum atomic E-state index is 12.7. The maximum Gasteiger partial charge on any atom is 0.256 e. The molecule has 4 heterocycles. The fraction of sp³-hybridized carbons (Fsp3) is 0.400. The smallest absolute Gasteiger partial charge is 0.256 e. The van der Waals surface area contributed by atoms with Crippen LogP contribution in [0.2, 0.25) is 0 Å². The molecule has 0 spiro atoms. The third-order valence-electron chi connectivity index (χ3n) is 5.33. The summed E-state index contributed by atoms with van der Waals surface area (Å²) in [6, 6.07) is 5.74. The summed E-state index contributed by atoms with van der Waals surface area (Å²) in [6.45, 7) is 1.11. The molecule has 0 unspecified atom stereocenters. The summed E-state index contributed by atoms with van der Waals surface area (Å²) < 4.78 is 12.7. The van der Waals surface area contributed by atoms with Gasteiger partial charge in [-0.25, -0.2) is 9.97 Å². The van der Waals surface area contributed by atoms with E-state index in [2.05, 4.69) is 31.0 Å². The SMILES string of the molecule is CNc1cc(Nc2cccnc2OC2COC2)nc2c(C(=O)NC3CCC3)cnn12. The first-order valence-corrected chi connectivity index (χ1v) is 10.0. The minimum absolute atomic E-state index is 0.000363. The molecule has 10 nitrogen and oxygen atoms in total. The first-order chi connectivity index (χ1) is 14.7. The molecule has 1 aliphatic heterocycles. The van der Waals surface area contributed by atoms with Crippen molar-refractivity contribution < 1.29 is 14.3 Å². The summed E-state index contributed by atoms with van der Waals surface area (Å²) in [5.74, 6) is 1.57. The lowest BCUT2D eigenvalue weighted by Crippen LogP contribution is -2.39. The average Bonchev–Trinajstić information content (AvgIpc) is 3.12. The predicted molar refractivity (Wildman–Crippen MR) is 110 cm³/mol. The highest BCUT2D eigenvalue weighted by Crippen LogP contribution is 2.28. The Hall–Kier alpha value is -3.40. The van der Waals surface area contributed by atoms with Crippen LogP contribution in [0, 0.1) is 0 Å². The lowest BCUT2D eigenvalue weighted by atomic mass is 9.93. The molecule has 2 aliphatic rings. The fourth-order valence-electron chi connectivity index (χ4n) is 3.34. The van der Waals surface area contributed by atoms with Gasteiger partial charge in [0.25, 0.3) is 5.91 Å². The average molecular weight is 409 g/mol. The minimum Gasteiger partial charge on any atom is -0.468 e. The highest BCUT2D eigenvalue weighted by molar-refractivity contribution is 6.00. The van der Waals surface area contributed by atoms with Crippen molar-refractivity contribution in [2.24, 2.45) is 0 Å². The summed E-state index contributed by atoms with van der Waals surface area (Å²) in [4.78, 5) is 21.7. The molecule has 0 radical (unpaired) electrons. The van der Waals surface area contributed by atoms with Crippen molar-refractivity contribution in [1.82, 2.24) is 24.9 Å². The second kappa shape index (κ2) is 7.79. The first-order valence-electron chi connectivity index (χ1n) is 10.0. The number of nitrogens with one attached hydrogen (secondary N) is 3. The Morgan fingerprint density at radius 2 is 2.20 bits per heavy atom. The van der Waals surface area contributed by atoms with Gasteiger partial charge >= 0.3 is 0 Å². The highest BCUT2D eigenvalue weighted by Gasteiger charge is 2.24. The topological polar surface area (TPSA) is 115 Å². The molecule has 156 valence electrons. The summed E-state index contributed by atoms with van der Waals surface area (Å²) in [7, 11) is 1.80. The predicted octanol–water partition coefficient (Wildman–Crippen LogP) is 1.97. The molecule has 1 saturated heterocycles. The Balaban J connectivity index is 1.46. The van der Waals surface area contributed by atoms with Crippen LogP contribution in [0.25, 0.3) is 5.65 Å². The number of fused-ring (bicyclic) bond motifs is 1. The van der Waals surface area contributed by atoms with Gasteiger partial charge < -0.3 is 25.4 Å². The third kappa shape index (κ3) is 3.50. The third-order valence-corrected chi connectivity index (χ3v) is 5.33. The standard InChI is InChI=1S/C20H23N7O3/c1-21-17-8-16(25-15-6-3-7-22-20(15)30-13-10-29-11-13)26-18-14(9-23-27(17)18)19(28)24-12-4-2-5-12/h3,6-9,12-13,21H,2,4-5,10-11H2,1H3,(H,24,28)(H,25,26). The summed E-state index contributed by atoms with van der Waals surface area (Å²) in [6.07, 6.45) is 6.41. The van der Waals surface area contributed by atoms with Gasteiger partial charge in [0, 0.05) is 25.4 Å². The molecule has 3 N–H and O–H groups in total. The first kappa shape index (κ1) is 18.6. The molecular weight excluding hydrogens is 386 g/mol. The number of hydrogen-bond acceptors (Lipinski definition) is 8.